The second-order valence-corrected chi connectivity index (χ2v) is 26.1. The lowest BCUT2D eigenvalue weighted by molar-refractivity contribution is -0.474. The number of carboxylic acids is 1. The summed E-state index contributed by atoms with van der Waals surface area (Å²) < 4.78 is 70.6. The second kappa shape index (κ2) is 21.9. The van der Waals surface area contributed by atoms with Gasteiger partial charge in [-0.1, -0.05) is 34.1 Å². The van der Waals surface area contributed by atoms with Gasteiger partial charge in [0.1, 0.15) is 23.3 Å². The predicted octanol–water partition coefficient (Wildman–Crippen LogP) is 5.26. The molecule has 4 aromatic rings. The van der Waals surface area contributed by atoms with Crippen LogP contribution in [0.25, 0.3) is 33.4 Å². The number of benzene rings is 4. The van der Waals surface area contributed by atoms with Crippen molar-refractivity contribution in [1.82, 2.24) is 20.2 Å². The van der Waals surface area contributed by atoms with Gasteiger partial charge in [-0.2, -0.15) is 0 Å². The van der Waals surface area contributed by atoms with Crippen molar-refractivity contribution in [2.24, 2.45) is 5.73 Å². The summed E-state index contributed by atoms with van der Waals surface area (Å²) in [4.78, 5) is 80.4. The lowest BCUT2D eigenvalue weighted by Crippen LogP contribution is -2.34. The van der Waals surface area contributed by atoms with E-state index < -0.39 is 74.1 Å². The highest BCUT2D eigenvalue weighted by atomic mass is 32.5. The molecule has 25 nitrogen and oxygen atoms in total. The van der Waals surface area contributed by atoms with Gasteiger partial charge < -0.3 is 35.7 Å². The Morgan fingerprint density at radius 2 is 1.59 bits per heavy atom. The Balaban J connectivity index is 1.09. The van der Waals surface area contributed by atoms with E-state index in [9.17, 15) is 57.2 Å². The van der Waals surface area contributed by atoms with Crippen LogP contribution in [0.1, 0.15) is 66.8 Å². The van der Waals surface area contributed by atoms with Crippen LogP contribution in [-0.4, -0.2) is 66.9 Å². The summed E-state index contributed by atoms with van der Waals surface area (Å²) in [5.74, 6) is 2.54. The fraction of sp³-hybridized carbons (Fsp3) is 0.209. The van der Waals surface area contributed by atoms with E-state index in [1.54, 1.807) is 24.3 Å². The number of carbonyl (C=O) groups is 3. The van der Waals surface area contributed by atoms with Gasteiger partial charge in [0.15, 0.2) is 5.43 Å². The molecule has 1 aliphatic carbocycles. The monoisotopic (exact) mass is 1040 g/mol. The summed E-state index contributed by atoms with van der Waals surface area (Å²) in [7, 11) is -9.69. The summed E-state index contributed by atoms with van der Waals surface area (Å²) in [6.07, 6.45) is -2.84. The summed E-state index contributed by atoms with van der Waals surface area (Å²) in [5, 5.41) is 49.9. The number of aromatic hydroxyl groups is 1. The van der Waals surface area contributed by atoms with Crippen LogP contribution in [0.3, 0.4) is 0 Å². The van der Waals surface area contributed by atoms with Gasteiger partial charge >= 0.3 is 32.8 Å². The van der Waals surface area contributed by atoms with E-state index in [4.69, 9.17) is 25.4 Å². The predicted molar refractivity (Wildman–Crippen MR) is 245 cm³/mol. The molecule has 3 heterocycles. The third-order valence-electron chi connectivity index (χ3n) is 11.1. The first kappa shape index (κ1) is 51.7. The number of hydrogen-bond donors (Lipinski definition) is 8. The number of aromatic amines is 1. The molecule has 3 aromatic carbocycles. The molecule has 0 saturated carbocycles. The Morgan fingerprint density at radius 3 is 2.27 bits per heavy atom. The Morgan fingerprint density at radius 1 is 0.887 bits per heavy atom. The number of nitrogens with zero attached hydrogens (tertiary/aromatic N) is 1. The van der Waals surface area contributed by atoms with Crippen LogP contribution in [0.4, 0.5) is 0 Å². The first-order chi connectivity index (χ1) is 33.9. The van der Waals surface area contributed by atoms with Gasteiger partial charge in [0.2, 0.25) is 0 Å². The van der Waals surface area contributed by atoms with Gasteiger partial charge in [-0.3, -0.25) is 33.3 Å². The zero-order valence-electron chi connectivity index (χ0n) is 36.3. The molecular weight excluding hydrogens is 999 g/mol. The molecule has 9 N–H and O–H groups in total. The highest BCUT2D eigenvalue weighted by Crippen LogP contribution is 2.91. The Labute approximate surface area is 397 Å². The third kappa shape index (κ3) is 10.9. The molecule has 0 bridgehead atoms. The first-order valence-electron chi connectivity index (χ1n) is 20.7. The van der Waals surface area contributed by atoms with Gasteiger partial charge in [-0.15, -0.1) is 9.35 Å². The van der Waals surface area contributed by atoms with Crippen molar-refractivity contribution in [3.05, 3.63) is 143 Å². The molecule has 1 fully saturated rings. The first-order valence-corrected chi connectivity index (χ1v) is 26.7. The number of aromatic nitrogens is 2. The highest BCUT2D eigenvalue weighted by molar-refractivity contribution is 8.58. The van der Waals surface area contributed by atoms with Crippen molar-refractivity contribution in [2.45, 2.75) is 44.7 Å². The number of H-pyrrole nitrogens is 1. The maximum Gasteiger partial charge on any atom is 0.457 e. The van der Waals surface area contributed by atoms with Gasteiger partial charge in [0.05, 0.1) is 36.5 Å². The quantitative estimate of drug-likeness (QED) is 0.0179. The number of ether oxygens (including phenoxy) is 1. The number of fused-ring (bicyclic) bond motifs is 2. The number of carbonyl (C=O) groups excluding carboxylic acids is 2. The lowest BCUT2D eigenvalue weighted by atomic mass is 9.88. The van der Waals surface area contributed by atoms with Crippen LogP contribution in [0.15, 0.2) is 97.8 Å². The van der Waals surface area contributed by atoms with Crippen LogP contribution in [0.2, 0.25) is 0 Å². The molecule has 2 aliphatic heterocycles. The maximum absolute atomic E-state index is 13.6. The molecular formula is C43H38N5O20P3. The Bertz CT molecular complexity index is 3450. The molecule has 370 valence electrons. The van der Waals surface area contributed by atoms with Gasteiger partial charge in [0.25, 0.3) is 17.4 Å². The van der Waals surface area contributed by atoms with Crippen LogP contribution >= 0.6 is 21.2 Å². The fourth-order valence-electron chi connectivity index (χ4n) is 7.64. The number of amides is 2. The summed E-state index contributed by atoms with van der Waals surface area (Å²) in [6.45, 7) is -5.57. The molecule has 7 rings (SSSR count). The summed E-state index contributed by atoms with van der Waals surface area (Å²) in [6, 6.07) is 17.0. The van der Waals surface area contributed by atoms with E-state index in [2.05, 4.69) is 46.9 Å². The maximum atomic E-state index is 13.6. The minimum Gasteiger partial charge on any atom is -0.508 e. The number of phenolic OH excluding ortho intramolecular Hbond substituents is 1. The highest BCUT2D eigenvalue weighted by Gasteiger charge is 2.57. The molecule has 2 amide bonds. The summed E-state index contributed by atoms with van der Waals surface area (Å²) >= 11 is 0. The van der Waals surface area contributed by atoms with Gasteiger partial charge in [-0.05, 0) is 78.6 Å². The number of nitrogens with two attached hydrogens (primary N) is 1. The van der Waals surface area contributed by atoms with Crippen LogP contribution < -0.4 is 33.0 Å². The largest absolute Gasteiger partial charge is 0.508 e. The van der Waals surface area contributed by atoms with E-state index in [0.717, 1.165) is 16.3 Å². The number of carboxylic acid groups (broad SMARTS) is 1. The van der Waals surface area contributed by atoms with Crippen molar-refractivity contribution in [3.63, 3.8) is 0 Å². The smallest absolute Gasteiger partial charge is 0.457 e. The van der Waals surface area contributed by atoms with Crippen molar-refractivity contribution in [3.8, 4) is 40.0 Å². The van der Waals surface area contributed by atoms with Gasteiger partial charge in [-0.25, -0.2) is 33.8 Å². The SMILES string of the molecule is NCc1ccc(C(=O)NCc2c3oc4cc(O)ccc4c(-c4cc(C(=O)NCC#CCc5cn([C@H]6CC[C@@H](CP(=O)(P(=O)=O)P(=O)(OOO)OOO)O6)c(=O)[nH]c5=O)ccc4C(=O)O)c-3ccc2=O)cc1. The fourth-order valence-corrected chi connectivity index (χ4v) is 14.9. The molecule has 0 radical (unpaired) electrons. The number of rotatable bonds is 18. The molecule has 3 aliphatic rings. The molecule has 0 spiro atoms. The van der Waals surface area contributed by atoms with E-state index in [0.29, 0.717) is 10.9 Å². The molecule has 1 aromatic heterocycles. The standard InChI is InChI=1S/C43H38N5O20P3/c44-19-23-4-6-24(7-5-23)39(51)46-20-33-34(50)14-13-31-37(30-12-9-27(49)18-35(30)64-38(31)33)32-17-25(8-11-29(32)42(54)55)40(52)45-16-2-1-3-26-21-48(43(56)47-41(26)53)36-15-10-28(63-36)22-70(61,69(59)60)71(62,67-65-57)68-66-58/h4-9,11-14,17-18,21,28,36,49,57-58H,3,10,15-16,19-20,22,44H2,(H,45,52)(H,46,51)(H,54,55)(H,47,53,56)/t28-,36+,70?/m0/s1. The third-order valence-corrected chi connectivity index (χ3v) is 22.3. The van der Waals surface area contributed by atoms with Crippen molar-refractivity contribution < 1.29 is 82.0 Å². The Kier molecular flexibility index (Phi) is 15.9. The number of aromatic carboxylic acids is 1. The molecule has 71 heavy (non-hydrogen) atoms. The summed E-state index contributed by atoms with van der Waals surface area (Å²) in [5.41, 5.74) is 4.67. The van der Waals surface area contributed by atoms with Crippen LogP contribution in [0, 0.1) is 11.8 Å². The number of phenols is 1. The Hall–Kier alpha value is -7.16. The molecule has 1 unspecified atom stereocenters. The van der Waals surface area contributed by atoms with Crippen molar-refractivity contribution in [1.29, 1.82) is 0 Å². The molecule has 3 atom stereocenters. The van der Waals surface area contributed by atoms with E-state index in [1.165, 1.54) is 48.5 Å². The minimum absolute atomic E-state index is 0.00955. The topological polar surface area (TPSA) is 382 Å². The van der Waals surface area contributed by atoms with E-state index in [-0.39, 0.29) is 94.9 Å². The van der Waals surface area contributed by atoms with Crippen LogP contribution in [0.5, 0.6) is 5.75 Å². The van der Waals surface area contributed by atoms with E-state index >= 15 is 0 Å². The van der Waals surface area contributed by atoms with Gasteiger partial charge in [0, 0.05) is 58.4 Å². The normalized spacial score (nSPS) is 15.4. The zero-order valence-corrected chi connectivity index (χ0v) is 39.0. The number of hydrogen-bond acceptors (Lipinski definition) is 20. The van der Waals surface area contributed by atoms with E-state index in [1.807, 2.05) is 0 Å². The minimum atomic E-state index is -5.54. The van der Waals surface area contributed by atoms with Crippen molar-refractivity contribution in [2.75, 3.05) is 12.7 Å². The molecule has 28 heteroatoms. The number of nitrogens with one attached hydrogen (secondary N) is 3. The molecule has 1 saturated heterocycles. The average Bonchev–Trinajstić information content (AvgIpc) is 3.80. The van der Waals surface area contributed by atoms with Crippen molar-refractivity contribution >= 4 is 49.9 Å². The van der Waals surface area contributed by atoms with Crippen LogP contribution in [-0.2, 0) is 61.9 Å². The lowest BCUT2D eigenvalue weighted by Gasteiger charge is -2.20. The second-order valence-electron chi connectivity index (χ2n) is 15.4. The zero-order chi connectivity index (χ0) is 51.2. The average molecular weight is 1040 g/mol.